The Morgan fingerprint density at radius 2 is 1.88 bits per heavy atom. The summed E-state index contributed by atoms with van der Waals surface area (Å²) in [4.78, 5) is 10.4. The van der Waals surface area contributed by atoms with Gasteiger partial charge in [0.2, 0.25) is 0 Å². The Balaban J connectivity index is 2.70. The number of aliphatic carboxylic acids is 1. The van der Waals surface area contributed by atoms with Gasteiger partial charge < -0.3 is 10.4 Å². The van der Waals surface area contributed by atoms with E-state index in [0.29, 0.717) is 11.3 Å². The lowest BCUT2D eigenvalue weighted by Crippen LogP contribution is -1.99. The van der Waals surface area contributed by atoms with Gasteiger partial charge in [0.1, 0.15) is 17.7 Å². The van der Waals surface area contributed by atoms with Crippen molar-refractivity contribution >= 4 is 11.7 Å². The zero-order valence-electron chi connectivity index (χ0n) is 8.84. The van der Waals surface area contributed by atoms with Gasteiger partial charge >= 0.3 is 5.97 Å². The third-order valence-corrected chi connectivity index (χ3v) is 1.93. The van der Waals surface area contributed by atoms with E-state index in [1.165, 1.54) is 6.20 Å². The first-order valence-electron chi connectivity index (χ1n) is 4.73. The van der Waals surface area contributed by atoms with E-state index in [1.54, 1.807) is 36.4 Å². The van der Waals surface area contributed by atoms with Gasteiger partial charge in [0.15, 0.2) is 0 Å². The highest BCUT2D eigenvalue weighted by Crippen LogP contribution is 2.10. The molecule has 0 unspecified atom stereocenters. The Morgan fingerprint density at radius 1 is 1.29 bits per heavy atom. The number of anilines is 1. The highest BCUT2D eigenvalue weighted by Gasteiger charge is 1.99. The second kappa shape index (κ2) is 5.94. The van der Waals surface area contributed by atoms with Gasteiger partial charge in [-0.05, 0) is 17.7 Å². The van der Waals surface area contributed by atoms with Crippen LogP contribution in [0.4, 0.5) is 5.69 Å². The number of carbonyl (C=O) groups is 1. The maximum Gasteiger partial charge on any atom is 0.307 e. The molecule has 0 amide bonds. The van der Waals surface area contributed by atoms with E-state index in [1.807, 2.05) is 0 Å². The summed E-state index contributed by atoms with van der Waals surface area (Å²) >= 11 is 0. The first-order valence-corrected chi connectivity index (χ1v) is 4.73. The Hall–Kier alpha value is -2.79. The highest BCUT2D eigenvalue weighted by atomic mass is 16.4. The topological polar surface area (TPSA) is 96.9 Å². The van der Waals surface area contributed by atoms with E-state index >= 15 is 0 Å². The molecule has 1 rings (SSSR count). The maximum absolute atomic E-state index is 10.4. The molecule has 1 aromatic rings. The summed E-state index contributed by atoms with van der Waals surface area (Å²) in [6, 6.07) is 10.1. The van der Waals surface area contributed by atoms with Crippen molar-refractivity contribution in [2.75, 3.05) is 5.32 Å². The summed E-state index contributed by atoms with van der Waals surface area (Å²) in [5.74, 6) is -0.887. The number of carboxylic acids is 1. The zero-order chi connectivity index (χ0) is 12.7. The fourth-order valence-corrected chi connectivity index (χ4v) is 1.14. The van der Waals surface area contributed by atoms with Crippen LogP contribution in [-0.2, 0) is 11.2 Å². The van der Waals surface area contributed by atoms with Crippen molar-refractivity contribution in [2.24, 2.45) is 0 Å². The van der Waals surface area contributed by atoms with Crippen molar-refractivity contribution < 1.29 is 9.90 Å². The molecule has 2 N–H and O–H groups in total. The van der Waals surface area contributed by atoms with Crippen LogP contribution in [0.3, 0.4) is 0 Å². The second-order valence-corrected chi connectivity index (χ2v) is 3.19. The third-order valence-electron chi connectivity index (χ3n) is 1.93. The molecule has 84 valence electrons. The van der Waals surface area contributed by atoms with E-state index in [2.05, 4.69) is 5.32 Å². The van der Waals surface area contributed by atoms with Gasteiger partial charge in [-0.25, -0.2) is 0 Å². The van der Waals surface area contributed by atoms with E-state index < -0.39 is 5.97 Å². The van der Waals surface area contributed by atoms with Crippen LogP contribution in [0.1, 0.15) is 5.56 Å². The Morgan fingerprint density at radius 3 is 2.35 bits per heavy atom. The van der Waals surface area contributed by atoms with Gasteiger partial charge in [-0.1, -0.05) is 12.1 Å². The summed E-state index contributed by atoms with van der Waals surface area (Å²) in [5.41, 5.74) is 1.34. The average Bonchev–Trinajstić information content (AvgIpc) is 2.32. The van der Waals surface area contributed by atoms with Crippen molar-refractivity contribution in [3.05, 3.63) is 41.6 Å². The first kappa shape index (κ1) is 12.3. The lowest BCUT2D eigenvalue weighted by Gasteiger charge is -2.01. The molecule has 0 spiro atoms. The summed E-state index contributed by atoms with van der Waals surface area (Å²) < 4.78 is 0. The maximum atomic E-state index is 10.4. The Labute approximate surface area is 98.2 Å². The lowest BCUT2D eigenvalue weighted by atomic mass is 10.1. The SMILES string of the molecule is N#CC(C#N)=CNc1ccc(CC(=O)O)cc1. The number of nitrogens with zero attached hydrogens (tertiary/aromatic N) is 2. The van der Waals surface area contributed by atoms with Crippen LogP contribution in [0.5, 0.6) is 0 Å². The van der Waals surface area contributed by atoms with Gasteiger partial charge in [-0.15, -0.1) is 0 Å². The molecular weight excluding hydrogens is 218 g/mol. The van der Waals surface area contributed by atoms with Crippen molar-refractivity contribution in [3.8, 4) is 12.1 Å². The van der Waals surface area contributed by atoms with Crippen LogP contribution >= 0.6 is 0 Å². The smallest absolute Gasteiger partial charge is 0.307 e. The van der Waals surface area contributed by atoms with Crippen molar-refractivity contribution in [3.63, 3.8) is 0 Å². The summed E-state index contributed by atoms with van der Waals surface area (Å²) in [7, 11) is 0. The molecule has 1 aromatic carbocycles. The van der Waals surface area contributed by atoms with Crippen LogP contribution in [0.15, 0.2) is 36.0 Å². The molecule has 0 saturated carbocycles. The van der Waals surface area contributed by atoms with Crippen LogP contribution in [0.2, 0.25) is 0 Å². The number of hydrogen-bond acceptors (Lipinski definition) is 4. The highest BCUT2D eigenvalue weighted by molar-refractivity contribution is 5.70. The molecule has 0 heterocycles. The van der Waals surface area contributed by atoms with Crippen molar-refractivity contribution in [1.29, 1.82) is 10.5 Å². The van der Waals surface area contributed by atoms with E-state index in [0.717, 1.165) is 0 Å². The molecule has 0 atom stereocenters. The third kappa shape index (κ3) is 4.06. The van der Waals surface area contributed by atoms with Crippen LogP contribution in [0, 0.1) is 22.7 Å². The van der Waals surface area contributed by atoms with Gasteiger partial charge in [-0.3, -0.25) is 4.79 Å². The normalized spacial score (nSPS) is 8.59. The lowest BCUT2D eigenvalue weighted by molar-refractivity contribution is -0.136. The number of hydrogen-bond donors (Lipinski definition) is 2. The summed E-state index contributed by atoms with van der Waals surface area (Å²) in [5, 5.41) is 28.4. The molecule has 17 heavy (non-hydrogen) atoms. The molecular formula is C12H9N3O2. The molecule has 0 aliphatic carbocycles. The monoisotopic (exact) mass is 227 g/mol. The van der Waals surface area contributed by atoms with Gasteiger partial charge in [-0.2, -0.15) is 10.5 Å². The molecule has 0 aliphatic rings. The van der Waals surface area contributed by atoms with Crippen molar-refractivity contribution in [1.82, 2.24) is 0 Å². The minimum Gasteiger partial charge on any atom is -0.481 e. The second-order valence-electron chi connectivity index (χ2n) is 3.19. The van der Waals surface area contributed by atoms with Crippen LogP contribution < -0.4 is 5.32 Å². The molecule has 0 fully saturated rings. The van der Waals surface area contributed by atoms with E-state index in [4.69, 9.17) is 15.6 Å². The fraction of sp³-hybridized carbons (Fsp3) is 0.0833. The number of rotatable bonds is 4. The molecule has 0 bridgehead atoms. The molecule has 5 nitrogen and oxygen atoms in total. The first-order chi connectivity index (χ1) is 8.15. The minimum absolute atomic E-state index is 0.0281. The van der Waals surface area contributed by atoms with Crippen LogP contribution in [-0.4, -0.2) is 11.1 Å². The standard InChI is InChI=1S/C12H9N3O2/c13-6-10(7-14)8-15-11-3-1-9(2-4-11)5-12(16)17/h1-4,8,15H,5H2,(H,16,17). The number of nitriles is 2. The fourth-order valence-electron chi connectivity index (χ4n) is 1.14. The quantitative estimate of drug-likeness (QED) is 0.762. The van der Waals surface area contributed by atoms with E-state index in [9.17, 15) is 4.79 Å². The zero-order valence-corrected chi connectivity index (χ0v) is 8.84. The predicted octanol–water partition coefficient (Wildman–Crippen LogP) is 1.66. The molecule has 0 aliphatic heterocycles. The number of allylic oxidation sites excluding steroid dienone is 1. The van der Waals surface area contributed by atoms with Gasteiger partial charge in [0.25, 0.3) is 0 Å². The number of benzene rings is 1. The predicted molar refractivity (Wildman–Crippen MR) is 60.7 cm³/mol. The largest absolute Gasteiger partial charge is 0.481 e. The molecule has 0 aromatic heterocycles. The van der Waals surface area contributed by atoms with Gasteiger partial charge in [0.05, 0.1) is 6.42 Å². The van der Waals surface area contributed by atoms with Gasteiger partial charge in [0, 0.05) is 11.9 Å². The summed E-state index contributed by atoms with van der Waals surface area (Å²) in [6.07, 6.45) is 1.27. The van der Waals surface area contributed by atoms with Crippen molar-refractivity contribution in [2.45, 2.75) is 6.42 Å². The number of nitrogens with one attached hydrogen (secondary N) is 1. The molecule has 5 heteroatoms. The molecule has 0 radical (unpaired) electrons. The molecule has 0 saturated heterocycles. The van der Waals surface area contributed by atoms with E-state index in [-0.39, 0.29) is 12.0 Å². The summed E-state index contributed by atoms with van der Waals surface area (Å²) in [6.45, 7) is 0. The Kier molecular flexibility index (Phi) is 4.29. The van der Waals surface area contributed by atoms with Crippen LogP contribution in [0.25, 0.3) is 0 Å². The minimum atomic E-state index is -0.887. The number of carboxylic acid groups (broad SMARTS) is 1. The Bertz CT molecular complexity index is 502. The average molecular weight is 227 g/mol.